The predicted octanol–water partition coefficient (Wildman–Crippen LogP) is 2.08. The lowest BCUT2D eigenvalue weighted by atomic mass is 9.80. The van der Waals surface area contributed by atoms with Crippen molar-refractivity contribution in [2.24, 2.45) is 0 Å². The van der Waals surface area contributed by atoms with E-state index in [2.05, 4.69) is 10.3 Å². The first kappa shape index (κ1) is 25.1. The number of aromatic amines is 1. The summed E-state index contributed by atoms with van der Waals surface area (Å²) in [6.07, 6.45) is 1.48. The van der Waals surface area contributed by atoms with E-state index in [1.807, 2.05) is 0 Å². The van der Waals surface area contributed by atoms with Crippen LogP contribution < -0.4 is 16.7 Å². The molecule has 2 heterocycles. The molecule has 34 heavy (non-hydrogen) atoms. The Kier molecular flexibility index (Phi) is 8.19. The van der Waals surface area contributed by atoms with Gasteiger partial charge in [0.1, 0.15) is 5.82 Å². The number of ether oxygens (including phenoxy) is 3. The summed E-state index contributed by atoms with van der Waals surface area (Å²) in [5, 5.41) is 3.48. The van der Waals surface area contributed by atoms with Crippen LogP contribution in [-0.2, 0) is 30.3 Å². The molecule has 1 aromatic carbocycles. The lowest BCUT2D eigenvalue weighted by Gasteiger charge is -2.31. The molecule has 10 nitrogen and oxygen atoms in total. The van der Waals surface area contributed by atoms with E-state index in [9.17, 15) is 14.4 Å². The average Bonchev–Trinajstić information content (AvgIpc) is 3.12. The second kappa shape index (κ2) is 11.1. The highest BCUT2D eigenvalue weighted by Crippen LogP contribution is 2.41. The summed E-state index contributed by atoms with van der Waals surface area (Å²) in [5.41, 5.74) is 7.17. The Morgan fingerprint density at radius 2 is 1.94 bits per heavy atom. The van der Waals surface area contributed by atoms with E-state index in [1.165, 1.54) is 17.9 Å². The fourth-order valence-electron chi connectivity index (χ4n) is 3.82. The third kappa shape index (κ3) is 5.35. The van der Waals surface area contributed by atoms with E-state index in [1.54, 1.807) is 38.1 Å². The molecule has 0 saturated carbocycles. The third-order valence-electron chi connectivity index (χ3n) is 5.29. The van der Waals surface area contributed by atoms with Gasteiger partial charge in [-0.1, -0.05) is 29.8 Å². The molecule has 2 aromatic rings. The lowest BCUT2D eigenvalue weighted by molar-refractivity contribution is -0.139. The molecule has 0 aliphatic carbocycles. The molecule has 4 N–H and O–H groups in total. The van der Waals surface area contributed by atoms with Gasteiger partial charge in [-0.05, 0) is 25.5 Å². The molecule has 3 rings (SSSR count). The Bertz CT molecular complexity index is 1200. The standard InChI is InChI=1S/C23H27ClN4O6/c1-4-34-22(30)20-16(12-33-10-9-28-11-17(25)27-23(28)31)26-13(2)18(21(29)32-3)19(20)14-7-5-6-8-15(14)24/h5-8,11,19,26H,4,9-10,12,25H2,1-3H3,(H,27,31). The number of allylic oxidation sites excluding steroid dienone is 1. The van der Waals surface area contributed by atoms with Crippen LogP contribution in [-0.4, -0.2) is 48.4 Å². The van der Waals surface area contributed by atoms with E-state index in [0.29, 0.717) is 22.0 Å². The molecule has 182 valence electrons. The summed E-state index contributed by atoms with van der Waals surface area (Å²) >= 11 is 6.48. The number of halogens is 1. The number of methoxy groups -OCH3 is 1. The minimum absolute atomic E-state index is 0.00442. The van der Waals surface area contributed by atoms with E-state index < -0.39 is 17.9 Å². The quantitative estimate of drug-likeness (QED) is 0.359. The van der Waals surface area contributed by atoms with Crippen molar-refractivity contribution < 1.29 is 23.8 Å². The highest BCUT2D eigenvalue weighted by atomic mass is 35.5. The monoisotopic (exact) mass is 490 g/mol. The number of H-pyrrole nitrogens is 1. The Hall–Kier alpha value is -3.50. The van der Waals surface area contributed by atoms with Crippen molar-refractivity contribution in [3.63, 3.8) is 0 Å². The zero-order valence-electron chi connectivity index (χ0n) is 19.1. The van der Waals surface area contributed by atoms with Gasteiger partial charge in [-0.15, -0.1) is 0 Å². The molecule has 1 aliphatic rings. The molecular formula is C23H27ClN4O6. The van der Waals surface area contributed by atoms with Crippen LogP contribution in [0.4, 0.5) is 5.82 Å². The molecule has 11 heteroatoms. The fourth-order valence-corrected chi connectivity index (χ4v) is 4.06. The van der Waals surface area contributed by atoms with Gasteiger partial charge in [0.15, 0.2) is 0 Å². The zero-order chi connectivity index (χ0) is 24.8. The molecule has 1 atom stereocenters. The van der Waals surface area contributed by atoms with Gasteiger partial charge in [0, 0.05) is 16.9 Å². The Morgan fingerprint density at radius 3 is 2.56 bits per heavy atom. The maximum Gasteiger partial charge on any atom is 0.336 e. The number of hydrogen-bond acceptors (Lipinski definition) is 8. The zero-order valence-corrected chi connectivity index (χ0v) is 19.9. The van der Waals surface area contributed by atoms with Crippen LogP contribution in [0.3, 0.4) is 0 Å². The molecule has 0 saturated heterocycles. The van der Waals surface area contributed by atoms with Crippen LogP contribution in [0.25, 0.3) is 0 Å². The van der Waals surface area contributed by atoms with Crippen molar-refractivity contribution in [2.75, 3.05) is 32.7 Å². The van der Waals surface area contributed by atoms with Crippen LogP contribution in [0.2, 0.25) is 5.02 Å². The van der Waals surface area contributed by atoms with Gasteiger partial charge in [-0.2, -0.15) is 0 Å². The molecule has 1 aromatic heterocycles. The second-order valence-corrected chi connectivity index (χ2v) is 7.89. The molecule has 0 fully saturated rings. The first-order valence-corrected chi connectivity index (χ1v) is 11.0. The first-order chi connectivity index (χ1) is 16.3. The number of nitrogens with one attached hydrogen (secondary N) is 2. The third-order valence-corrected chi connectivity index (χ3v) is 5.64. The molecule has 0 radical (unpaired) electrons. The highest BCUT2D eigenvalue weighted by Gasteiger charge is 2.39. The number of rotatable bonds is 9. The minimum atomic E-state index is -0.827. The van der Waals surface area contributed by atoms with Gasteiger partial charge in [0.25, 0.3) is 0 Å². The maximum absolute atomic E-state index is 13.1. The van der Waals surface area contributed by atoms with Crippen molar-refractivity contribution in [3.05, 3.63) is 74.1 Å². The van der Waals surface area contributed by atoms with Crippen LogP contribution in [0.5, 0.6) is 0 Å². The average molecular weight is 491 g/mol. The second-order valence-electron chi connectivity index (χ2n) is 7.48. The predicted molar refractivity (Wildman–Crippen MR) is 126 cm³/mol. The van der Waals surface area contributed by atoms with Gasteiger partial charge in [-0.3, -0.25) is 9.55 Å². The number of carbonyl (C=O) groups excluding carboxylic acids is 2. The number of aromatic nitrogens is 2. The van der Waals surface area contributed by atoms with Crippen molar-refractivity contribution in [3.8, 4) is 0 Å². The smallest absolute Gasteiger partial charge is 0.336 e. The summed E-state index contributed by atoms with van der Waals surface area (Å²) in [4.78, 5) is 40.1. The number of dihydropyridines is 1. The SMILES string of the molecule is CCOC(=O)C1=C(COCCn2cc(N)[nH]c2=O)NC(C)=C(C(=O)OC)C1c1ccccc1Cl. The van der Waals surface area contributed by atoms with Crippen molar-refractivity contribution in [1.29, 1.82) is 0 Å². The van der Waals surface area contributed by atoms with E-state index in [4.69, 9.17) is 31.5 Å². The van der Waals surface area contributed by atoms with Gasteiger partial charge in [0.2, 0.25) is 0 Å². The Morgan fingerprint density at radius 1 is 1.21 bits per heavy atom. The van der Waals surface area contributed by atoms with Crippen LogP contribution in [0, 0.1) is 0 Å². The number of benzene rings is 1. The van der Waals surface area contributed by atoms with Crippen molar-refractivity contribution in [1.82, 2.24) is 14.9 Å². The molecule has 1 aliphatic heterocycles. The number of carbonyl (C=O) groups is 2. The number of hydrogen-bond donors (Lipinski definition) is 3. The molecule has 0 spiro atoms. The molecule has 0 bridgehead atoms. The highest BCUT2D eigenvalue weighted by molar-refractivity contribution is 6.31. The number of nitrogens with two attached hydrogens (primary N) is 1. The van der Waals surface area contributed by atoms with Gasteiger partial charge >= 0.3 is 17.6 Å². The Labute approximate surface area is 201 Å². The topological polar surface area (TPSA) is 138 Å². The van der Waals surface area contributed by atoms with E-state index in [0.717, 1.165) is 0 Å². The summed E-state index contributed by atoms with van der Waals surface area (Å²) in [7, 11) is 1.27. The van der Waals surface area contributed by atoms with Gasteiger partial charge in [0.05, 0.1) is 56.2 Å². The lowest BCUT2D eigenvalue weighted by Crippen LogP contribution is -2.35. The number of nitrogens with zero attached hydrogens (tertiary/aromatic N) is 1. The molecule has 1 unspecified atom stereocenters. The number of esters is 2. The fraction of sp³-hybridized carbons (Fsp3) is 0.348. The maximum atomic E-state index is 13.1. The van der Waals surface area contributed by atoms with Crippen molar-refractivity contribution >= 4 is 29.4 Å². The van der Waals surface area contributed by atoms with Gasteiger partial charge in [-0.25, -0.2) is 14.4 Å². The van der Waals surface area contributed by atoms with Crippen LogP contribution >= 0.6 is 11.6 Å². The molecular weight excluding hydrogens is 464 g/mol. The largest absolute Gasteiger partial charge is 0.466 e. The number of nitrogen functional groups attached to an aromatic ring is 1. The van der Waals surface area contributed by atoms with Crippen molar-refractivity contribution in [2.45, 2.75) is 26.3 Å². The summed E-state index contributed by atoms with van der Waals surface area (Å²) in [5.74, 6) is -1.78. The summed E-state index contributed by atoms with van der Waals surface area (Å²) in [6.45, 7) is 3.96. The minimum Gasteiger partial charge on any atom is -0.466 e. The summed E-state index contributed by atoms with van der Waals surface area (Å²) in [6, 6.07) is 6.96. The first-order valence-electron chi connectivity index (χ1n) is 10.6. The normalized spacial score (nSPS) is 15.8. The van der Waals surface area contributed by atoms with E-state index in [-0.39, 0.29) is 49.0 Å². The summed E-state index contributed by atoms with van der Waals surface area (Å²) < 4.78 is 17.5. The molecule has 0 amide bonds. The number of anilines is 1. The Balaban J connectivity index is 1.98. The van der Waals surface area contributed by atoms with Crippen LogP contribution in [0.15, 0.2) is 57.8 Å². The van der Waals surface area contributed by atoms with Crippen LogP contribution in [0.1, 0.15) is 25.3 Å². The van der Waals surface area contributed by atoms with E-state index >= 15 is 0 Å². The number of imidazole rings is 1. The van der Waals surface area contributed by atoms with Gasteiger partial charge < -0.3 is 25.3 Å².